The van der Waals surface area contributed by atoms with Crippen molar-refractivity contribution in [2.24, 2.45) is 0 Å². The second kappa shape index (κ2) is 6.40. The van der Waals surface area contributed by atoms with Gasteiger partial charge in [0, 0.05) is 29.0 Å². The summed E-state index contributed by atoms with van der Waals surface area (Å²) >= 11 is 3.22. The molecule has 0 unspecified atom stereocenters. The Bertz CT molecular complexity index is 657. The monoisotopic (exact) mass is 352 g/mol. The molecule has 2 amide bonds. The van der Waals surface area contributed by atoms with Crippen LogP contribution in [0.3, 0.4) is 0 Å². The van der Waals surface area contributed by atoms with Crippen LogP contribution in [0.5, 0.6) is 0 Å². The van der Waals surface area contributed by atoms with Crippen molar-refractivity contribution < 1.29 is 14.7 Å². The molecule has 0 saturated carbocycles. The molecule has 1 aromatic heterocycles. The van der Waals surface area contributed by atoms with Crippen molar-refractivity contribution >= 4 is 33.6 Å². The smallest absolute Gasteiger partial charge is 0.335 e. The maximum absolute atomic E-state index is 12.1. The molecule has 21 heavy (non-hydrogen) atoms. The first-order chi connectivity index (χ1) is 9.95. The highest BCUT2D eigenvalue weighted by Gasteiger charge is 2.12. The summed E-state index contributed by atoms with van der Waals surface area (Å²) in [6.45, 7) is 0.391. The van der Waals surface area contributed by atoms with E-state index in [-0.39, 0.29) is 11.6 Å². The molecule has 7 nitrogen and oxygen atoms in total. The average molecular weight is 353 g/mol. The lowest BCUT2D eigenvalue weighted by Crippen LogP contribution is -2.30. The molecule has 0 bridgehead atoms. The number of carboxylic acid groups (broad SMARTS) is 1. The van der Waals surface area contributed by atoms with E-state index in [0.29, 0.717) is 16.7 Å². The number of anilines is 1. The summed E-state index contributed by atoms with van der Waals surface area (Å²) in [5.74, 6) is -1.06. The van der Waals surface area contributed by atoms with Crippen LogP contribution in [0.15, 0.2) is 35.1 Å². The zero-order chi connectivity index (χ0) is 15.4. The number of urea groups is 1. The molecule has 2 aromatic rings. The maximum atomic E-state index is 12.1. The number of H-pyrrole nitrogens is 1. The number of aromatic nitrogens is 2. The largest absolute Gasteiger partial charge is 0.478 e. The summed E-state index contributed by atoms with van der Waals surface area (Å²) in [5, 5.41) is 18.1. The van der Waals surface area contributed by atoms with Crippen molar-refractivity contribution in [1.82, 2.24) is 15.1 Å². The first-order valence-corrected chi connectivity index (χ1v) is 6.78. The van der Waals surface area contributed by atoms with Crippen molar-refractivity contribution in [3.05, 3.63) is 46.2 Å². The number of benzene rings is 1. The molecule has 8 heteroatoms. The van der Waals surface area contributed by atoms with Crippen LogP contribution in [-0.4, -0.2) is 39.3 Å². The third-order valence-corrected chi connectivity index (χ3v) is 3.18. The molecule has 2 rings (SSSR count). The normalized spacial score (nSPS) is 10.2. The van der Waals surface area contributed by atoms with Crippen LogP contribution in [0.25, 0.3) is 0 Å². The fourth-order valence-corrected chi connectivity index (χ4v) is 2.21. The summed E-state index contributed by atoms with van der Waals surface area (Å²) in [7, 11) is 1.64. The maximum Gasteiger partial charge on any atom is 0.335 e. The van der Waals surface area contributed by atoms with Crippen molar-refractivity contribution in [3.63, 3.8) is 0 Å². The summed E-state index contributed by atoms with van der Waals surface area (Å²) in [6, 6.07) is 4.16. The molecule has 0 radical (unpaired) electrons. The molecule has 3 N–H and O–H groups in total. The lowest BCUT2D eigenvalue weighted by molar-refractivity contribution is 0.0697. The number of rotatable bonds is 4. The zero-order valence-corrected chi connectivity index (χ0v) is 12.7. The Morgan fingerprint density at radius 2 is 2.19 bits per heavy atom. The number of nitrogens with one attached hydrogen (secondary N) is 2. The fraction of sp³-hybridized carbons (Fsp3) is 0.154. The van der Waals surface area contributed by atoms with Gasteiger partial charge in [0.15, 0.2) is 0 Å². The Balaban J connectivity index is 2.06. The number of hydrogen-bond acceptors (Lipinski definition) is 3. The van der Waals surface area contributed by atoms with Crippen LogP contribution >= 0.6 is 15.9 Å². The summed E-state index contributed by atoms with van der Waals surface area (Å²) < 4.78 is 0.579. The van der Waals surface area contributed by atoms with E-state index < -0.39 is 5.97 Å². The average Bonchev–Trinajstić information content (AvgIpc) is 2.90. The van der Waals surface area contributed by atoms with Crippen molar-refractivity contribution in [3.8, 4) is 0 Å². The Kier molecular flexibility index (Phi) is 4.59. The van der Waals surface area contributed by atoms with Gasteiger partial charge < -0.3 is 15.3 Å². The summed E-state index contributed by atoms with van der Waals surface area (Å²) in [5.41, 5.74) is 1.37. The molecular formula is C13H13BrN4O3. The summed E-state index contributed by atoms with van der Waals surface area (Å²) in [4.78, 5) is 24.5. The molecule has 110 valence electrons. The van der Waals surface area contributed by atoms with Crippen LogP contribution in [0.2, 0.25) is 0 Å². The Labute approximate surface area is 129 Å². The highest BCUT2D eigenvalue weighted by molar-refractivity contribution is 9.10. The van der Waals surface area contributed by atoms with Gasteiger partial charge >= 0.3 is 12.0 Å². The lowest BCUT2D eigenvalue weighted by Gasteiger charge is -2.17. The van der Waals surface area contributed by atoms with E-state index in [4.69, 9.17) is 5.11 Å². The molecule has 0 aliphatic rings. The Hall–Kier alpha value is -2.35. The van der Waals surface area contributed by atoms with Gasteiger partial charge in [-0.25, -0.2) is 9.59 Å². The first kappa shape index (κ1) is 15.0. The number of carbonyl (C=O) groups is 2. The van der Waals surface area contributed by atoms with Crippen LogP contribution in [0, 0.1) is 0 Å². The topological polar surface area (TPSA) is 98.3 Å². The molecule has 0 fully saturated rings. The number of carboxylic acids is 1. The predicted molar refractivity (Wildman–Crippen MR) is 80.2 cm³/mol. The van der Waals surface area contributed by atoms with Gasteiger partial charge in [-0.2, -0.15) is 5.10 Å². The minimum absolute atomic E-state index is 0.0946. The second-order valence-corrected chi connectivity index (χ2v) is 5.34. The number of hydrogen-bond donors (Lipinski definition) is 3. The van der Waals surface area contributed by atoms with Crippen molar-refractivity contribution in [2.75, 3.05) is 12.4 Å². The van der Waals surface area contributed by atoms with Gasteiger partial charge in [-0.15, -0.1) is 0 Å². The van der Waals surface area contributed by atoms with E-state index in [2.05, 4.69) is 31.4 Å². The quantitative estimate of drug-likeness (QED) is 0.787. The molecule has 0 spiro atoms. The third-order valence-electron chi connectivity index (χ3n) is 2.72. The minimum atomic E-state index is -1.06. The van der Waals surface area contributed by atoms with Gasteiger partial charge in [0.25, 0.3) is 0 Å². The van der Waals surface area contributed by atoms with E-state index in [0.717, 1.165) is 5.56 Å². The van der Waals surface area contributed by atoms with E-state index >= 15 is 0 Å². The molecule has 0 atom stereocenters. The van der Waals surface area contributed by atoms with Crippen LogP contribution in [0.1, 0.15) is 15.9 Å². The van der Waals surface area contributed by atoms with Crippen molar-refractivity contribution in [1.29, 1.82) is 0 Å². The van der Waals surface area contributed by atoms with Crippen LogP contribution < -0.4 is 5.32 Å². The Morgan fingerprint density at radius 1 is 1.43 bits per heavy atom. The number of aromatic carboxylic acids is 1. The number of nitrogens with zero attached hydrogens (tertiary/aromatic N) is 2. The summed E-state index contributed by atoms with van der Waals surface area (Å²) in [6.07, 6.45) is 3.33. The zero-order valence-electron chi connectivity index (χ0n) is 11.1. The van der Waals surface area contributed by atoms with E-state index in [9.17, 15) is 9.59 Å². The minimum Gasteiger partial charge on any atom is -0.478 e. The van der Waals surface area contributed by atoms with Gasteiger partial charge in [0.05, 0.1) is 18.3 Å². The standard InChI is InChI=1S/C13H13BrN4O3/c1-18(7-8-5-15-16-6-8)13(21)17-11-3-9(12(19)20)2-10(14)4-11/h2-6H,7H2,1H3,(H,15,16)(H,17,21)(H,19,20). The SMILES string of the molecule is CN(Cc1cn[nH]c1)C(=O)Nc1cc(Br)cc(C(=O)O)c1. The highest BCUT2D eigenvalue weighted by atomic mass is 79.9. The van der Waals surface area contributed by atoms with Gasteiger partial charge in [-0.05, 0) is 18.2 Å². The molecule has 0 aliphatic carbocycles. The molecular weight excluding hydrogens is 340 g/mol. The molecule has 0 aliphatic heterocycles. The fourth-order valence-electron chi connectivity index (χ4n) is 1.71. The van der Waals surface area contributed by atoms with E-state index in [1.54, 1.807) is 25.5 Å². The highest BCUT2D eigenvalue weighted by Crippen LogP contribution is 2.20. The third kappa shape index (κ3) is 4.06. The van der Waals surface area contributed by atoms with Crippen LogP contribution in [-0.2, 0) is 6.54 Å². The van der Waals surface area contributed by atoms with Gasteiger partial charge in [-0.3, -0.25) is 5.10 Å². The lowest BCUT2D eigenvalue weighted by atomic mass is 10.2. The first-order valence-electron chi connectivity index (χ1n) is 5.99. The number of aromatic amines is 1. The number of amides is 2. The molecule has 1 heterocycles. The number of halogens is 1. The van der Waals surface area contributed by atoms with Crippen LogP contribution in [0.4, 0.5) is 10.5 Å². The molecule has 1 aromatic carbocycles. The van der Waals surface area contributed by atoms with Gasteiger partial charge in [0.2, 0.25) is 0 Å². The molecule has 0 saturated heterocycles. The Morgan fingerprint density at radius 3 is 2.81 bits per heavy atom. The predicted octanol–water partition coefficient (Wildman–Crippen LogP) is 2.53. The van der Waals surface area contributed by atoms with E-state index in [1.165, 1.54) is 17.0 Å². The van der Waals surface area contributed by atoms with Gasteiger partial charge in [0.1, 0.15) is 0 Å². The number of carbonyl (C=O) groups excluding carboxylic acids is 1. The van der Waals surface area contributed by atoms with Gasteiger partial charge in [-0.1, -0.05) is 15.9 Å². The van der Waals surface area contributed by atoms with Crippen molar-refractivity contribution in [2.45, 2.75) is 6.54 Å². The second-order valence-electron chi connectivity index (χ2n) is 4.43. The van der Waals surface area contributed by atoms with E-state index in [1.807, 2.05) is 0 Å².